The summed E-state index contributed by atoms with van der Waals surface area (Å²) in [7, 11) is 1.94. The van der Waals surface area contributed by atoms with E-state index < -0.39 is 0 Å². The highest BCUT2D eigenvalue weighted by Crippen LogP contribution is 2.32. The normalized spacial score (nSPS) is 19.2. The van der Waals surface area contributed by atoms with Gasteiger partial charge in [0, 0.05) is 33.6 Å². The predicted octanol–water partition coefficient (Wildman–Crippen LogP) is 1.69. The number of anilines is 1. The highest BCUT2D eigenvalue weighted by molar-refractivity contribution is 7.22. The van der Waals surface area contributed by atoms with Crippen LogP contribution >= 0.6 is 11.3 Å². The number of fused-ring (bicyclic) bond motifs is 1. The lowest BCUT2D eigenvalue weighted by Gasteiger charge is -2.32. The van der Waals surface area contributed by atoms with Gasteiger partial charge in [0.05, 0.1) is 10.4 Å². The van der Waals surface area contributed by atoms with E-state index in [2.05, 4.69) is 15.3 Å². The molecular weight excluding hydrogens is 286 g/mol. The smallest absolute Gasteiger partial charge is 0.216 e. The van der Waals surface area contributed by atoms with Gasteiger partial charge >= 0.3 is 0 Å². The minimum absolute atomic E-state index is 0.0498. The average Bonchev–Trinajstić information content (AvgIpc) is 3.00. The second-order valence-corrected chi connectivity index (χ2v) is 6.73. The Hall–Kier alpha value is -1.63. The van der Waals surface area contributed by atoms with Gasteiger partial charge in [-0.1, -0.05) is 11.3 Å². The van der Waals surface area contributed by atoms with Gasteiger partial charge in [0.2, 0.25) is 5.91 Å². The molecule has 0 saturated carbocycles. The van der Waals surface area contributed by atoms with Crippen LogP contribution in [0.15, 0.2) is 0 Å². The third-order valence-corrected chi connectivity index (χ3v) is 5.18. The number of nitrogens with one attached hydrogen (secondary N) is 1. The SMILES string of the molecule is CC(=O)NC[C@H]1CCCN(c2nc3c(s2)c(C)nn3C)C1. The van der Waals surface area contributed by atoms with Crippen molar-refractivity contribution < 1.29 is 4.79 Å². The third kappa shape index (κ3) is 2.88. The summed E-state index contributed by atoms with van der Waals surface area (Å²) in [5, 5.41) is 8.41. The number of nitrogens with zero attached hydrogens (tertiary/aromatic N) is 4. The summed E-state index contributed by atoms with van der Waals surface area (Å²) in [5.41, 5.74) is 2.01. The van der Waals surface area contributed by atoms with E-state index in [0.717, 1.165) is 42.5 Å². The molecule has 1 amide bonds. The van der Waals surface area contributed by atoms with Gasteiger partial charge in [-0.05, 0) is 25.7 Å². The third-order valence-electron chi connectivity index (χ3n) is 3.96. The summed E-state index contributed by atoms with van der Waals surface area (Å²) in [6, 6.07) is 0. The van der Waals surface area contributed by atoms with E-state index in [1.54, 1.807) is 18.3 Å². The zero-order chi connectivity index (χ0) is 15.0. The van der Waals surface area contributed by atoms with E-state index in [9.17, 15) is 4.79 Å². The quantitative estimate of drug-likeness (QED) is 0.937. The summed E-state index contributed by atoms with van der Waals surface area (Å²) in [6.07, 6.45) is 2.32. The Morgan fingerprint density at radius 1 is 1.52 bits per heavy atom. The summed E-state index contributed by atoms with van der Waals surface area (Å²) < 4.78 is 3.03. The van der Waals surface area contributed by atoms with Crippen LogP contribution in [0.2, 0.25) is 0 Å². The second kappa shape index (κ2) is 5.63. The molecule has 0 radical (unpaired) electrons. The van der Waals surface area contributed by atoms with Gasteiger partial charge in [0.1, 0.15) is 0 Å². The minimum Gasteiger partial charge on any atom is -0.356 e. The van der Waals surface area contributed by atoms with Crippen LogP contribution in [0, 0.1) is 12.8 Å². The Morgan fingerprint density at radius 3 is 3.05 bits per heavy atom. The van der Waals surface area contributed by atoms with Gasteiger partial charge in [-0.25, -0.2) is 9.67 Å². The standard InChI is InChI=1S/C14H21N5OS/c1-9-12-13(18(3)17-9)16-14(21-12)19-6-4-5-11(8-19)7-15-10(2)20/h11H,4-8H2,1-3H3,(H,15,20)/t11-/m1/s1. The maximum absolute atomic E-state index is 11.1. The van der Waals surface area contributed by atoms with Gasteiger partial charge in [0.15, 0.2) is 10.8 Å². The average molecular weight is 307 g/mol. The molecule has 2 aromatic rings. The minimum atomic E-state index is 0.0498. The van der Waals surface area contributed by atoms with Crippen molar-refractivity contribution in [1.82, 2.24) is 20.1 Å². The molecular formula is C14H21N5OS. The van der Waals surface area contributed by atoms with Crippen LogP contribution in [0.5, 0.6) is 0 Å². The largest absolute Gasteiger partial charge is 0.356 e. The number of rotatable bonds is 3. The number of amides is 1. The number of hydrogen-bond donors (Lipinski definition) is 1. The van der Waals surface area contributed by atoms with E-state index in [1.165, 1.54) is 11.1 Å². The first-order valence-electron chi connectivity index (χ1n) is 7.34. The van der Waals surface area contributed by atoms with E-state index in [-0.39, 0.29) is 5.91 Å². The van der Waals surface area contributed by atoms with Crippen molar-refractivity contribution in [3.8, 4) is 0 Å². The molecule has 6 nitrogen and oxygen atoms in total. The molecule has 2 aromatic heterocycles. The number of carbonyl (C=O) groups is 1. The molecule has 0 spiro atoms. The Balaban J connectivity index is 1.75. The lowest BCUT2D eigenvalue weighted by Crippen LogP contribution is -2.40. The topological polar surface area (TPSA) is 63.1 Å². The number of aromatic nitrogens is 3. The molecule has 0 unspecified atom stereocenters. The molecule has 114 valence electrons. The van der Waals surface area contributed by atoms with E-state index in [1.807, 2.05) is 18.7 Å². The number of carbonyl (C=O) groups excluding carboxylic acids is 1. The monoisotopic (exact) mass is 307 g/mol. The Bertz CT molecular complexity index is 627. The summed E-state index contributed by atoms with van der Waals surface area (Å²) in [6.45, 7) is 6.37. The van der Waals surface area contributed by atoms with Gasteiger partial charge in [0.25, 0.3) is 0 Å². The molecule has 1 atom stereocenters. The zero-order valence-corrected chi connectivity index (χ0v) is 13.5. The molecule has 7 heteroatoms. The summed E-state index contributed by atoms with van der Waals surface area (Å²) in [5.74, 6) is 0.558. The van der Waals surface area contributed by atoms with Gasteiger partial charge in [-0.15, -0.1) is 0 Å². The first kappa shape index (κ1) is 14.3. The zero-order valence-electron chi connectivity index (χ0n) is 12.7. The van der Waals surface area contributed by atoms with Crippen LogP contribution in [0.4, 0.5) is 5.13 Å². The number of piperidine rings is 1. The maximum atomic E-state index is 11.1. The molecule has 1 aliphatic heterocycles. The van der Waals surface area contributed by atoms with Crippen molar-refractivity contribution in [2.75, 3.05) is 24.5 Å². The lowest BCUT2D eigenvalue weighted by molar-refractivity contribution is -0.119. The second-order valence-electron chi connectivity index (χ2n) is 5.75. The molecule has 1 N–H and O–H groups in total. The predicted molar refractivity (Wildman–Crippen MR) is 84.7 cm³/mol. The van der Waals surface area contributed by atoms with Gasteiger partial charge in [-0.2, -0.15) is 5.10 Å². The Morgan fingerprint density at radius 2 is 2.33 bits per heavy atom. The van der Waals surface area contributed by atoms with E-state index in [4.69, 9.17) is 4.98 Å². The number of aryl methyl sites for hydroxylation is 2. The van der Waals surface area contributed by atoms with Gasteiger partial charge < -0.3 is 10.2 Å². The molecule has 3 heterocycles. The van der Waals surface area contributed by atoms with Crippen LogP contribution in [0.25, 0.3) is 10.3 Å². The van der Waals surface area contributed by atoms with Crippen molar-refractivity contribution in [3.63, 3.8) is 0 Å². The fraction of sp³-hybridized carbons (Fsp3) is 0.643. The van der Waals surface area contributed by atoms with Crippen LogP contribution in [0.3, 0.4) is 0 Å². The summed E-state index contributed by atoms with van der Waals surface area (Å²) >= 11 is 1.72. The number of thiazole rings is 1. The van der Waals surface area contributed by atoms with Crippen LogP contribution in [-0.4, -0.2) is 40.3 Å². The molecule has 0 bridgehead atoms. The molecule has 1 saturated heterocycles. The van der Waals surface area contributed by atoms with Crippen molar-refractivity contribution in [1.29, 1.82) is 0 Å². The van der Waals surface area contributed by atoms with Crippen molar-refractivity contribution in [3.05, 3.63) is 5.69 Å². The molecule has 3 rings (SSSR count). The first-order valence-corrected chi connectivity index (χ1v) is 8.15. The first-order chi connectivity index (χ1) is 10.0. The molecule has 0 aliphatic carbocycles. The Kier molecular flexibility index (Phi) is 3.84. The molecule has 1 aliphatic rings. The highest BCUT2D eigenvalue weighted by atomic mass is 32.1. The Labute approximate surface area is 128 Å². The fourth-order valence-electron chi connectivity index (χ4n) is 2.90. The maximum Gasteiger partial charge on any atom is 0.216 e. The van der Waals surface area contributed by atoms with Crippen molar-refractivity contribution >= 4 is 32.7 Å². The van der Waals surface area contributed by atoms with Crippen molar-refractivity contribution in [2.45, 2.75) is 26.7 Å². The van der Waals surface area contributed by atoms with E-state index >= 15 is 0 Å². The lowest BCUT2D eigenvalue weighted by atomic mass is 9.98. The van der Waals surface area contributed by atoms with Crippen molar-refractivity contribution in [2.24, 2.45) is 13.0 Å². The van der Waals surface area contributed by atoms with E-state index in [0.29, 0.717) is 5.92 Å². The molecule has 0 aromatic carbocycles. The van der Waals surface area contributed by atoms with Crippen LogP contribution in [0.1, 0.15) is 25.5 Å². The van der Waals surface area contributed by atoms with Crippen LogP contribution < -0.4 is 10.2 Å². The van der Waals surface area contributed by atoms with Crippen LogP contribution in [-0.2, 0) is 11.8 Å². The highest BCUT2D eigenvalue weighted by Gasteiger charge is 2.23. The van der Waals surface area contributed by atoms with Gasteiger partial charge in [-0.3, -0.25) is 4.79 Å². The molecule has 21 heavy (non-hydrogen) atoms. The fourth-order valence-corrected chi connectivity index (χ4v) is 3.97. The number of hydrogen-bond acceptors (Lipinski definition) is 5. The summed E-state index contributed by atoms with van der Waals surface area (Å²) in [4.78, 5) is 18.1. The molecule has 1 fully saturated rings.